The Balaban J connectivity index is 1.66. The molecule has 6 heteroatoms. The van der Waals surface area contributed by atoms with Crippen LogP contribution >= 0.6 is 0 Å². The van der Waals surface area contributed by atoms with Gasteiger partial charge in [0.15, 0.2) is 0 Å². The van der Waals surface area contributed by atoms with Gasteiger partial charge in [-0.05, 0) is 12.5 Å². The van der Waals surface area contributed by atoms with Crippen molar-refractivity contribution in [2.75, 3.05) is 6.54 Å². The molecule has 0 aliphatic heterocycles. The van der Waals surface area contributed by atoms with Crippen molar-refractivity contribution in [3.05, 3.63) is 78.1 Å². The molecule has 0 radical (unpaired) electrons. The van der Waals surface area contributed by atoms with E-state index < -0.39 is 10.0 Å². The van der Waals surface area contributed by atoms with Crippen LogP contribution in [0.3, 0.4) is 0 Å². The first-order chi connectivity index (χ1) is 12.1. The van der Waals surface area contributed by atoms with Crippen LogP contribution in [0.4, 0.5) is 0 Å². The molecular formula is C19H21N3O2S. The zero-order valence-corrected chi connectivity index (χ0v) is 14.9. The third kappa shape index (κ3) is 4.55. The Bertz CT molecular complexity index is 920. The van der Waals surface area contributed by atoms with Crippen LogP contribution in [-0.2, 0) is 22.3 Å². The number of rotatable bonds is 7. The molecule has 2 aromatic carbocycles. The number of aryl methyl sites for hydroxylation is 1. The van der Waals surface area contributed by atoms with E-state index in [1.807, 2.05) is 72.2 Å². The fraction of sp³-hybridized carbons (Fsp3) is 0.211. The van der Waals surface area contributed by atoms with Crippen molar-refractivity contribution in [1.29, 1.82) is 0 Å². The van der Waals surface area contributed by atoms with Gasteiger partial charge < -0.3 is 4.57 Å². The van der Waals surface area contributed by atoms with Crippen LogP contribution in [0, 0.1) is 6.92 Å². The smallest absolute Gasteiger partial charge is 0.215 e. The van der Waals surface area contributed by atoms with E-state index in [1.54, 1.807) is 6.20 Å². The maximum absolute atomic E-state index is 12.2. The van der Waals surface area contributed by atoms with Gasteiger partial charge in [0, 0.05) is 30.5 Å². The van der Waals surface area contributed by atoms with Gasteiger partial charge in [0.25, 0.3) is 0 Å². The van der Waals surface area contributed by atoms with E-state index in [4.69, 9.17) is 0 Å². The molecule has 0 fully saturated rings. The molecule has 0 aliphatic carbocycles. The lowest BCUT2D eigenvalue weighted by Gasteiger charge is -2.12. The summed E-state index contributed by atoms with van der Waals surface area (Å²) < 4.78 is 29.2. The van der Waals surface area contributed by atoms with Crippen LogP contribution in [0.1, 0.15) is 11.3 Å². The minimum Gasteiger partial charge on any atom is -0.327 e. The summed E-state index contributed by atoms with van der Waals surface area (Å²) in [7, 11) is -3.36. The molecule has 0 saturated heterocycles. The predicted molar refractivity (Wildman–Crippen MR) is 99.5 cm³/mol. The highest BCUT2D eigenvalue weighted by Crippen LogP contribution is 2.18. The van der Waals surface area contributed by atoms with Crippen LogP contribution < -0.4 is 4.72 Å². The second-order valence-electron chi connectivity index (χ2n) is 5.88. The van der Waals surface area contributed by atoms with Crippen LogP contribution in [-0.4, -0.2) is 24.5 Å². The fourth-order valence-corrected chi connectivity index (χ4v) is 3.85. The summed E-state index contributed by atoms with van der Waals surface area (Å²) in [5.41, 5.74) is 2.79. The Hall–Kier alpha value is -2.44. The first-order valence-electron chi connectivity index (χ1n) is 8.14. The molecule has 0 aliphatic rings. The Morgan fingerprint density at radius 2 is 1.64 bits per heavy atom. The first kappa shape index (κ1) is 17.4. The number of aromatic nitrogens is 2. The van der Waals surface area contributed by atoms with E-state index in [0.717, 1.165) is 22.6 Å². The molecule has 1 aromatic heterocycles. The van der Waals surface area contributed by atoms with Crippen molar-refractivity contribution < 1.29 is 8.42 Å². The van der Waals surface area contributed by atoms with E-state index in [2.05, 4.69) is 9.71 Å². The number of nitrogens with one attached hydrogen (secondary N) is 1. The molecule has 1 heterocycles. The van der Waals surface area contributed by atoms with Crippen LogP contribution in [0.5, 0.6) is 0 Å². The summed E-state index contributed by atoms with van der Waals surface area (Å²) >= 11 is 0. The van der Waals surface area contributed by atoms with Crippen LogP contribution in [0.25, 0.3) is 11.4 Å². The van der Waals surface area contributed by atoms with Crippen molar-refractivity contribution >= 4 is 10.0 Å². The van der Waals surface area contributed by atoms with Gasteiger partial charge in [-0.15, -0.1) is 0 Å². The highest BCUT2D eigenvalue weighted by Gasteiger charge is 2.13. The highest BCUT2D eigenvalue weighted by atomic mass is 32.2. The molecule has 5 nitrogen and oxygen atoms in total. The van der Waals surface area contributed by atoms with Crippen molar-refractivity contribution in [2.24, 2.45) is 0 Å². The second kappa shape index (κ2) is 7.63. The number of benzene rings is 2. The van der Waals surface area contributed by atoms with Gasteiger partial charge in [-0.2, -0.15) is 0 Å². The Morgan fingerprint density at radius 1 is 1.00 bits per heavy atom. The number of hydrogen-bond acceptors (Lipinski definition) is 3. The Labute approximate surface area is 148 Å². The predicted octanol–water partition coefficient (Wildman–Crippen LogP) is 2.98. The van der Waals surface area contributed by atoms with Gasteiger partial charge in [-0.25, -0.2) is 18.1 Å². The van der Waals surface area contributed by atoms with E-state index in [-0.39, 0.29) is 5.75 Å². The monoisotopic (exact) mass is 355 g/mol. The topological polar surface area (TPSA) is 64.0 Å². The molecular weight excluding hydrogens is 334 g/mol. The Morgan fingerprint density at radius 3 is 2.32 bits per heavy atom. The normalized spacial score (nSPS) is 11.6. The minimum atomic E-state index is -3.36. The lowest BCUT2D eigenvalue weighted by molar-refractivity contribution is 0.571. The minimum absolute atomic E-state index is 0.0116. The van der Waals surface area contributed by atoms with Gasteiger partial charge in [0.1, 0.15) is 5.82 Å². The lowest BCUT2D eigenvalue weighted by atomic mass is 10.2. The van der Waals surface area contributed by atoms with Gasteiger partial charge in [-0.3, -0.25) is 0 Å². The van der Waals surface area contributed by atoms with Gasteiger partial charge >= 0.3 is 0 Å². The van der Waals surface area contributed by atoms with Crippen molar-refractivity contribution in [3.8, 4) is 11.4 Å². The third-order valence-electron chi connectivity index (χ3n) is 3.94. The first-order valence-corrected chi connectivity index (χ1v) is 9.79. The highest BCUT2D eigenvalue weighted by molar-refractivity contribution is 7.88. The molecule has 3 rings (SSSR count). The summed E-state index contributed by atoms with van der Waals surface area (Å²) in [4.78, 5) is 4.45. The van der Waals surface area contributed by atoms with Gasteiger partial charge in [0.2, 0.25) is 10.0 Å². The largest absolute Gasteiger partial charge is 0.327 e. The SMILES string of the molecule is Cc1cnc(-c2ccccc2)n1CCNS(=O)(=O)Cc1ccccc1. The fourth-order valence-electron chi connectivity index (χ4n) is 2.72. The van der Waals surface area contributed by atoms with Crippen LogP contribution in [0.2, 0.25) is 0 Å². The average Bonchev–Trinajstić information content (AvgIpc) is 2.97. The molecule has 0 spiro atoms. The van der Waals surface area contributed by atoms with E-state index >= 15 is 0 Å². The summed E-state index contributed by atoms with van der Waals surface area (Å²) in [5.74, 6) is 0.836. The summed E-state index contributed by atoms with van der Waals surface area (Å²) in [6.45, 7) is 2.83. The maximum atomic E-state index is 12.2. The zero-order chi connectivity index (χ0) is 17.7. The molecule has 25 heavy (non-hydrogen) atoms. The van der Waals surface area contributed by atoms with E-state index in [9.17, 15) is 8.42 Å². The molecule has 0 unspecified atom stereocenters. The number of hydrogen-bond donors (Lipinski definition) is 1. The van der Waals surface area contributed by atoms with Crippen LogP contribution in [0.15, 0.2) is 66.9 Å². The van der Waals surface area contributed by atoms with Crippen molar-refractivity contribution in [1.82, 2.24) is 14.3 Å². The molecule has 0 atom stereocenters. The summed E-state index contributed by atoms with van der Waals surface area (Å²) in [6.07, 6.45) is 1.81. The molecule has 1 N–H and O–H groups in total. The van der Waals surface area contributed by atoms with Gasteiger partial charge in [-0.1, -0.05) is 60.7 Å². The van der Waals surface area contributed by atoms with Crippen molar-refractivity contribution in [2.45, 2.75) is 19.2 Å². The van der Waals surface area contributed by atoms with Crippen molar-refractivity contribution in [3.63, 3.8) is 0 Å². The van der Waals surface area contributed by atoms with Gasteiger partial charge in [0.05, 0.1) is 5.75 Å². The molecule has 0 saturated carbocycles. The number of imidazole rings is 1. The molecule has 0 bridgehead atoms. The number of nitrogens with zero attached hydrogens (tertiary/aromatic N) is 2. The van der Waals surface area contributed by atoms with E-state index in [1.165, 1.54) is 0 Å². The van der Waals surface area contributed by atoms with E-state index in [0.29, 0.717) is 13.1 Å². The average molecular weight is 355 g/mol. The second-order valence-corrected chi connectivity index (χ2v) is 7.69. The maximum Gasteiger partial charge on any atom is 0.215 e. The Kier molecular flexibility index (Phi) is 5.31. The lowest BCUT2D eigenvalue weighted by Crippen LogP contribution is -2.29. The zero-order valence-electron chi connectivity index (χ0n) is 14.1. The summed E-state index contributed by atoms with van der Waals surface area (Å²) in [5, 5.41) is 0. The molecule has 3 aromatic rings. The summed E-state index contributed by atoms with van der Waals surface area (Å²) in [6, 6.07) is 19.1. The number of sulfonamides is 1. The molecule has 130 valence electrons. The molecule has 0 amide bonds. The third-order valence-corrected chi connectivity index (χ3v) is 5.30. The quantitative estimate of drug-likeness (QED) is 0.709. The standard InChI is InChI=1S/C19H21N3O2S/c1-16-14-20-19(18-10-6-3-7-11-18)22(16)13-12-21-25(23,24)15-17-8-4-2-5-9-17/h2-11,14,21H,12-13,15H2,1H3.